The lowest BCUT2D eigenvalue weighted by atomic mass is 10.1. The number of hydrogen-bond donors (Lipinski definition) is 2. The average molecular weight is 379 g/mol. The first-order valence-corrected chi connectivity index (χ1v) is 8.64. The molecule has 0 aliphatic carbocycles. The summed E-state index contributed by atoms with van der Waals surface area (Å²) < 4.78 is 5.76. The minimum Gasteiger partial charge on any atom is -0.437 e. The minimum absolute atomic E-state index is 0.0124. The number of carbonyl (C=O) groups is 1. The Morgan fingerprint density at radius 1 is 1.14 bits per heavy atom. The molecule has 9 nitrogen and oxygen atoms in total. The Balaban J connectivity index is 1.60. The van der Waals surface area contributed by atoms with Crippen LogP contribution in [0.4, 0.5) is 11.6 Å². The number of nitrogens with one attached hydrogen (secondary N) is 1. The van der Waals surface area contributed by atoms with Crippen LogP contribution in [0.2, 0.25) is 0 Å². The van der Waals surface area contributed by atoms with Gasteiger partial charge in [-0.2, -0.15) is 4.98 Å². The molecule has 9 heteroatoms. The third-order valence-corrected chi connectivity index (χ3v) is 3.95. The zero-order valence-electron chi connectivity index (χ0n) is 15.7. The second-order valence-corrected chi connectivity index (χ2v) is 6.06. The molecule has 0 spiro atoms. The number of nitrogens with two attached hydrogens (primary N) is 1. The zero-order chi connectivity index (χ0) is 19.9. The summed E-state index contributed by atoms with van der Waals surface area (Å²) in [4.78, 5) is 29.6. The molecule has 0 bridgehead atoms. The Hall–Kier alpha value is -3.75. The summed E-state index contributed by atoms with van der Waals surface area (Å²) in [5.41, 5.74) is 7.18. The molecule has 3 aromatic rings. The number of nitrogen functional groups attached to an aromatic ring is 1. The van der Waals surface area contributed by atoms with Crippen molar-refractivity contribution in [2.75, 3.05) is 31.2 Å². The third-order valence-electron chi connectivity index (χ3n) is 3.95. The normalized spacial score (nSPS) is 10.4. The number of nitrogens with zero attached hydrogens (tertiary/aromatic N) is 5. The maximum absolute atomic E-state index is 11.2. The van der Waals surface area contributed by atoms with Crippen LogP contribution in [0.5, 0.6) is 11.6 Å². The smallest absolute Gasteiger partial charge is 0.239 e. The van der Waals surface area contributed by atoms with Crippen molar-refractivity contribution in [3.63, 3.8) is 0 Å². The maximum atomic E-state index is 11.2. The zero-order valence-corrected chi connectivity index (χ0v) is 15.7. The number of rotatable bonds is 7. The topological polar surface area (TPSA) is 119 Å². The van der Waals surface area contributed by atoms with Crippen LogP contribution in [0, 0.1) is 0 Å². The van der Waals surface area contributed by atoms with Gasteiger partial charge in [0.2, 0.25) is 11.8 Å². The number of likely N-dealkylation sites (N-methyl/N-ethyl adjacent to an activating group) is 1. The van der Waals surface area contributed by atoms with Crippen LogP contribution in [-0.2, 0) is 4.79 Å². The Labute approximate surface area is 162 Å². The number of carbonyl (C=O) groups excluding carboxylic acids is 1. The Morgan fingerprint density at radius 3 is 2.61 bits per heavy atom. The van der Waals surface area contributed by atoms with E-state index in [1.807, 2.05) is 24.3 Å². The lowest BCUT2D eigenvalue weighted by Gasteiger charge is -2.15. The van der Waals surface area contributed by atoms with E-state index < -0.39 is 0 Å². The summed E-state index contributed by atoms with van der Waals surface area (Å²) in [7, 11) is 1.74. The molecule has 28 heavy (non-hydrogen) atoms. The van der Waals surface area contributed by atoms with Gasteiger partial charge in [0.1, 0.15) is 17.4 Å². The van der Waals surface area contributed by atoms with Crippen molar-refractivity contribution in [2.24, 2.45) is 0 Å². The number of hydrogen-bond acceptors (Lipinski definition) is 8. The van der Waals surface area contributed by atoms with Crippen LogP contribution in [0.3, 0.4) is 0 Å². The molecule has 0 saturated heterocycles. The number of aromatic nitrogens is 4. The highest BCUT2D eigenvalue weighted by molar-refractivity contribution is 5.72. The van der Waals surface area contributed by atoms with E-state index in [0.29, 0.717) is 36.4 Å². The number of benzene rings is 1. The van der Waals surface area contributed by atoms with E-state index >= 15 is 0 Å². The van der Waals surface area contributed by atoms with Gasteiger partial charge in [-0.3, -0.25) is 14.8 Å². The molecule has 3 rings (SSSR count). The van der Waals surface area contributed by atoms with Crippen molar-refractivity contribution >= 4 is 17.5 Å². The fourth-order valence-corrected chi connectivity index (χ4v) is 2.29. The summed E-state index contributed by atoms with van der Waals surface area (Å²) in [5.74, 6) is 1.95. The molecule has 3 N–H and O–H groups in total. The van der Waals surface area contributed by atoms with Crippen molar-refractivity contribution in [2.45, 2.75) is 6.92 Å². The molecule has 0 aliphatic rings. The molecule has 0 aliphatic heterocycles. The second kappa shape index (κ2) is 8.76. The van der Waals surface area contributed by atoms with Gasteiger partial charge in [-0.05, 0) is 24.3 Å². The molecule has 2 aromatic heterocycles. The van der Waals surface area contributed by atoms with Crippen molar-refractivity contribution in [1.82, 2.24) is 24.8 Å². The van der Waals surface area contributed by atoms with E-state index in [-0.39, 0.29) is 5.91 Å². The molecule has 0 fully saturated rings. The summed E-state index contributed by atoms with van der Waals surface area (Å²) >= 11 is 0. The van der Waals surface area contributed by atoms with E-state index in [0.717, 1.165) is 11.3 Å². The Bertz CT molecular complexity index is 930. The standard InChI is InChI=1S/C19H21N7O2/c1-13(27)26(2)8-7-22-18-11-21-12-19(25-18)28-15-5-3-14(4-6-15)16-9-24-17(20)10-23-16/h3-6,9-12H,7-8H2,1-2H3,(H2,20,24)(H,22,25). The molecule has 1 amide bonds. The quantitative estimate of drug-likeness (QED) is 0.641. The van der Waals surface area contributed by atoms with Crippen molar-refractivity contribution < 1.29 is 9.53 Å². The number of anilines is 2. The molecule has 0 atom stereocenters. The van der Waals surface area contributed by atoms with Gasteiger partial charge in [0.25, 0.3) is 0 Å². The number of amides is 1. The lowest BCUT2D eigenvalue weighted by molar-refractivity contribution is -0.127. The van der Waals surface area contributed by atoms with Gasteiger partial charge in [-0.25, -0.2) is 4.98 Å². The van der Waals surface area contributed by atoms with Crippen LogP contribution in [-0.4, -0.2) is 50.9 Å². The van der Waals surface area contributed by atoms with Crippen LogP contribution in [0.15, 0.2) is 49.1 Å². The average Bonchev–Trinajstić information content (AvgIpc) is 2.69. The maximum Gasteiger partial charge on any atom is 0.239 e. The highest BCUT2D eigenvalue weighted by Gasteiger charge is 2.05. The van der Waals surface area contributed by atoms with Gasteiger partial charge < -0.3 is 20.7 Å². The first kappa shape index (κ1) is 19.0. The van der Waals surface area contributed by atoms with Gasteiger partial charge in [-0.15, -0.1) is 0 Å². The van der Waals surface area contributed by atoms with Crippen LogP contribution >= 0.6 is 0 Å². The Morgan fingerprint density at radius 2 is 1.93 bits per heavy atom. The molecule has 144 valence electrons. The second-order valence-electron chi connectivity index (χ2n) is 6.06. The summed E-state index contributed by atoms with van der Waals surface area (Å²) in [6, 6.07) is 7.39. The highest BCUT2D eigenvalue weighted by Crippen LogP contribution is 2.24. The lowest BCUT2D eigenvalue weighted by Crippen LogP contribution is -2.29. The highest BCUT2D eigenvalue weighted by atomic mass is 16.5. The molecule has 0 unspecified atom stereocenters. The van der Waals surface area contributed by atoms with Crippen molar-refractivity contribution in [3.05, 3.63) is 49.1 Å². The van der Waals surface area contributed by atoms with Crippen LogP contribution in [0.25, 0.3) is 11.3 Å². The predicted octanol–water partition coefficient (Wildman–Crippen LogP) is 2.20. The number of ether oxygens (including phenoxy) is 1. The van der Waals surface area contributed by atoms with Gasteiger partial charge in [0.15, 0.2) is 0 Å². The van der Waals surface area contributed by atoms with Crippen LogP contribution < -0.4 is 15.8 Å². The van der Waals surface area contributed by atoms with Crippen LogP contribution in [0.1, 0.15) is 6.92 Å². The summed E-state index contributed by atoms with van der Waals surface area (Å²) in [6.07, 6.45) is 6.27. The largest absolute Gasteiger partial charge is 0.437 e. The van der Waals surface area contributed by atoms with Crippen molar-refractivity contribution in [1.29, 1.82) is 0 Å². The summed E-state index contributed by atoms with van der Waals surface area (Å²) in [5, 5.41) is 3.12. The first-order valence-electron chi connectivity index (χ1n) is 8.64. The third kappa shape index (κ3) is 5.13. The molecule has 0 saturated carbocycles. The Kier molecular flexibility index (Phi) is 5.95. The molecule has 2 heterocycles. The van der Waals surface area contributed by atoms with Gasteiger partial charge >= 0.3 is 0 Å². The predicted molar refractivity (Wildman–Crippen MR) is 106 cm³/mol. The van der Waals surface area contributed by atoms with Gasteiger partial charge in [0, 0.05) is 32.6 Å². The molecule has 1 aromatic carbocycles. The van der Waals surface area contributed by atoms with E-state index in [2.05, 4.69) is 25.3 Å². The first-order chi connectivity index (χ1) is 13.5. The van der Waals surface area contributed by atoms with E-state index in [1.54, 1.807) is 24.3 Å². The van der Waals surface area contributed by atoms with Gasteiger partial charge in [-0.1, -0.05) is 0 Å². The molecule has 0 radical (unpaired) electrons. The van der Waals surface area contributed by atoms with E-state index in [1.165, 1.54) is 19.3 Å². The molecular formula is C19H21N7O2. The monoisotopic (exact) mass is 379 g/mol. The van der Waals surface area contributed by atoms with E-state index in [9.17, 15) is 4.79 Å². The van der Waals surface area contributed by atoms with Crippen molar-refractivity contribution in [3.8, 4) is 22.9 Å². The fraction of sp³-hybridized carbons (Fsp3) is 0.211. The van der Waals surface area contributed by atoms with Gasteiger partial charge in [0.05, 0.1) is 30.5 Å². The van der Waals surface area contributed by atoms with E-state index in [4.69, 9.17) is 10.5 Å². The SMILES string of the molecule is CC(=O)N(C)CCNc1cncc(Oc2ccc(-c3cnc(N)cn3)cc2)n1. The molecular weight excluding hydrogens is 358 g/mol. The summed E-state index contributed by atoms with van der Waals surface area (Å²) in [6.45, 7) is 2.66. The fourth-order valence-electron chi connectivity index (χ4n) is 2.29. The minimum atomic E-state index is 0.0124.